The predicted molar refractivity (Wildman–Crippen MR) is 104 cm³/mol. The van der Waals surface area contributed by atoms with Crippen LogP contribution in [0.1, 0.15) is 90.9 Å². The minimum atomic E-state index is 1.37. The lowest BCUT2D eigenvalue weighted by atomic mass is 10.1. The van der Waals surface area contributed by atoms with Crippen molar-refractivity contribution in [1.29, 1.82) is 0 Å². The van der Waals surface area contributed by atoms with Crippen LogP contribution in [0.3, 0.4) is 0 Å². The molecule has 0 saturated carbocycles. The molecule has 22 heavy (non-hydrogen) atoms. The number of hydrogen-bond donors (Lipinski definition) is 0. The van der Waals surface area contributed by atoms with Gasteiger partial charge in [-0.15, -0.1) is 0 Å². The number of unbranched alkanes of at least 4 members (excludes halogenated alkanes) is 10. The van der Waals surface area contributed by atoms with Crippen molar-refractivity contribution in [3.8, 4) is 0 Å². The van der Waals surface area contributed by atoms with Crippen LogP contribution in [0.25, 0.3) is 0 Å². The van der Waals surface area contributed by atoms with Gasteiger partial charge in [0.2, 0.25) is 0 Å². The van der Waals surface area contributed by atoms with E-state index in [1.807, 2.05) is 0 Å². The highest BCUT2D eigenvalue weighted by Crippen LogP contribution is 2.22. The maximum absolute atomic E-state index is 2.31. The summed E-state index contributed by atoms with van der Waals surface area (Å²) in [6.45, 7) is 10.5. The first kappa shape index (κ1) is 20.4. The lowest BCUT2D eigenvalue weighted by Crippen LogP contribution is -2.54. The summed E-state index contributed by atoms with van der Waals surface area (Å²) in [5, 5.41) is 0. The van der Waals surface area contributed by atoms with Crippen molar-refractivity contribution in [2.75, 3.05) is 37.7 Å². The Hall–Kier alpha value is 0.310. The molecule has 1 nitrogen and oxygen atoms in total. The molecule has 0 aliphatic carbocycles. The number of nitrogens with zero attached hydrogens (tertiary/aromatic N) is 1. The minimum Gasteiger partial charge on any atom is -0.322 e. The van der Waals surface area contributed by atoms with Crippen molar-refractivity contribution >= 4 is 11.8 Å². The van der Waals surface area contributed by atoms with Gasteiger partial charge in [-0.1, -0.05) is 65.2 Å². The third kappa shape index (κ3) is 9.45. The van der Waals surface area contributed by atoms with Crippen molar-refractivity contribution in [2.24, 2.45) is 0 Å². The van der Waals surface area contributed by atoms with Gasteiger partial charge >= 0.3 is 0 Å². The van der Waals surface area contributed by atoms with E-state index < -0.39 is 0 Å². The molecule has 1 heterocycles. The molecule has 0 aromatic carbocycles. The van der Waals surface area contributed by atoms with E-state index in [-0.39, 0.29) is 0 Å². The minimum absolute atomic E-state index is 1.37. The molecule has 1 fully saturated rings. The van der Waals surface area contributed by atoms with E-state index in [0.29, 0.717) is 0 Å². The van der Waals surface area contributed by atoms with E-state index in [0.717, 1.165) is 0 Å². The maximum Gasteiger partial charge on any atom is 0.0878 e. The second kappa shape index (κ2) is 13.7. The fourth-order valence-corrected chi connectivity index (χ4v) is 4.98. The first-order valence-corrected chi connectivity index (χ1v) is 11.4. The molecule has 0 radical (unpaired) electrons. The average Bonchev–Trinajstić information content (AvgIpc) is 2.55. The molecule has 132 valence electrons. The van der Waals surface area contributed by atoms with E-state index in [1.54, 1.807) is 0 Å². The van der Waals surface area contributed by atoms with Crippen LogP contribution in [0.2, 0.25) is 0 Å². The highest BCUT2D eigenvalue weighted by molar-refractivity contribution is 7.99. The fourth-order valence-electron chi connectivity index (χ4n) is 3.74. The Balaban J connectivity index is 2.17. The van der Waals surface area contributed by atoms with Crippen LogP contribution in [0.4, 0.5) is 0 Å². The summed E-state index contributed by atoms with van der Waals surface area (Å²) in [7, 11) is 0. The zero-order chi connectivity index (χ0) is 15.9. The van der Waals surface area contributed by atoms with Gasteiger partial charge in [0.15, 0.2) is 0 Å². The van der Waals surface area contributed by atoms with Gasteiger partial charge in [-0.25, -0.2) is 0 Å². The molecule has 0 spiro atoms. The third-order valence-corrected chi connectivity index (χ3v) is 6.33. The molecule has 1 aliphatic rings. The van der Waals surface area contributed by atoms with E-state index in [4.69, 9.17) is 0 Å². The molecule has 0 aromatic heterocycles. The molecular formula is C20H42NS+. The van der Waals surface area contributed by atoms with Gasteiger partial charge in [-0.05, 0) is 25.7 Å². The van der Waals surface area contributed by atoms with Crippen molar-refractivity contribution in [1.82, 2.24) is 0 Å². The summed E-state index contributed by atoms with van der Waals surface area (Å²) in [6, 6.07) is 0. The molecule has 1 aliphatic heterocycles. The predicted octanol–water partition coefficient (Wildman–Crippen LogP) is 6.27. The number of hydrogen-bond acceptors (Lipinski definition) is 1. The summed E-state index contributed by atoms with van der Waals surface area (Å²) < 4.78 is 1.47. The maximum atomic E-state index is 2.31. The van der Waals surface area contributed by atoms with E-state index in [2.05, 4.69) is 25.6 Å². The first-order chi connectivity index (χ1) is 10.8. The van der Waals surface area contributed by atoms with Gasteiger partial charge in [0.1, 0.15) is 0 Å². The van der Waals surface area contributed by atoms with E-state index >= 15 is 0 Å². The second-order valence-electron chi connectivity index (χ2n) is 7.38. The quantitative estimate of drug-likeness (QED) is 0.267. The Morgan fingerprint density at radius 1 is 0.591 bits per heavy atom. The monoisotopic (exact) mass is 328 g/mol. The Morgan fingerprint density at radius 2 is 1.00 bits per heavy atom. The number of quaternary nitrogens is 1. The summed E-state index contributed by atoms with van der Waals surface area (Å²) in [5.41, 5.74) is 0. The van der Waals surface area contributed by atoms with Crippen LogP contribution in [0.15, 0.2) is 0 Å². The summed E-state index contributed by atoms with van der Waals surface area (Å²) in [4.78, 5) is 0. The van der Waals surface area contributed by atoms with Crippen LogP contribution in [0, 0.1) is 0 Å². The van der Waals surface area contributed by atoms with Gasteiger partial charge in [-0.3, -0.25) is 0 Å². The molecular weight excluding hydrogens is 286 g/mol. The van der Waals surface area contributed by atoms with Crippen molar-refractivity contribution in [2.45, 2.75) is 90.9 Å². The van der Waals surface area contributed by atoms with Crippen molar-refractivity contribution < 1.29 is 4.48 Å². The molecule has 0 amide bonds. The lowest BCUT2D eigenvalue weighted by molar-refractivity contribution is -0.925. The Bertz CT molecular complexity index is 218. The highest BCUT2D eigenvalue weighted by Gasteiger charge is 2.28. The Kier molecular flexibility index (Phi) is 12.7. The number of rotatable bonds is 14. The molecule has 0 bridgehead atoms. The van der Waals surface area contributed by atoms with E-state index in [9.17, 15) is 0 Å². The van der Waals surface area contributed by atoms with Crippen LogP contribution in [0.5, 0.6) is 0 Å². The fraction of sp³-hybridized carbons (Fsp3) is 1.00. The normalized spacial score (nSPS) is 17.7. The van der Waals surface area contributed by atoms with Crippen LogP contribution < -0.4 is 0 Å². The van der Waals surface area contributed by atoms with Crippen LogP contribution >= 0.6 is 11.8 Å². The molecule has 1 saturated heterocycles. The second-order valence-corrected chi connectivity index (χ2v) is 8.61. The highest BCUT2D eigenvalue weighted by atomic mass is 32.2. The summed E-state index contributed by atoms with van der Waals surface area (Å²) in [6.07, 6.45) is 17.4. The van der Waals surface area contributed by atoms with Crippen molar-refractivity contribution in [3.05, 3.63) is 0 Å². The standard InChI is InChI=1S/C20H42NS/c1-3-5-7-9-11-13-15-21(17-19-22-20-18-21)16-14-12-10-8-6-4-2/h3-20H2,1-2H3/q+1. The van der Waals surface area contributed by atoms with Crippen molar-refractivity contribution in [3.63, 3.8) is 0 Å². The first-order valence-electron chi connectivity index (χ1n) is 10.3. The lowest BCUT2D eigenvalue weighted by Gasteiger charge is -2.41. The van der Waals surface area contributed by atoms with Gasteiger partial charge in [0.05, 0.1) is 26.2 Å². The number of thioether (sulfide) groups is 1. The molecule has 1 rings (SSSR count). The molecule has 2 heteroatoms. The zero-order valence-corrected chi connectivity index (χ0v) is 16.4. The molecule has 0 aromatic rings. The Morgan fingerprint density at radius 3 is 1.45 bits per heavy atom. The van der Waals surface area contributed by atoms with Crippen LogP contribution in [-0.2, 0) is 0 Å². The van der Waals surface area contributed by atoms with Gasteiger partial charge in [-0.2, -0.15) is 11.8 Å². The van der Waals surface area contributed by atoms with Gasteiger partial charge < -0.3 is 4.48 Å². The van der Waals surface area contributed by atoms with E-state index in [1.165, 1.54) is 119 Å². The van der Waals surface area contributed by atoms with Crippen LogP contribution in [-0.4, -0.2) is 42.2 Å². The zero-order valence-electron chi connectivity index (χ0n) is 15.6. The molecule has 0 atom stereocenters. The molecule has 0 N–H and O–H groups in total. The molecule has 0 unspecified atom stereocenters. The largest absolute Gasteiger partial charge is 0.322 e. The van der Waals surface area contributed by atoms with Gasteiger partial charge in [0, 0.05) is 11.5 Å². The smallest absolute Gasteiger partial charge is 0.0878 e. The van der Waals surface area contributed by atoms with Gasteiger partial charge in [0.25, 0.3) is 0 Å². The average molecular weight is 329 g/mol. The Labute approximate surface area is 145 Å². The third-order valence-electron chi connectivity index (χ3n) is 5.39. The summed E-state index contributed by atoms with van der Waals surface area (Å²) in [5.74, 6) is 2.82. The SMILES string of the molecule is CCCCCCCC[N+]1(CCCCCCCC)CCSCC1. The summed E-state index contributed by atoms with van der Waals surface area (Å²) >= 11 is 2.18. The topological polar surface area (TPSA) is 0 Å².